The van der Waals surface area contributed by atoms with E-state index in [2.05, 4.69) is 5.32 Å². The van der Waals surface area contributed by atoms with Gasteiger partial charge in [0.1, 0.15) is 6.54 Å². The van der Waals surface area contributed by atoms with Crippen molar-refractivity contribution in [2.24, 2.45) is 0 Å². The Morgan fingerprint density at radius 2 is 1.50 bits per heavy atom. The molecule has 1 fully saturated rings. The molecule has 1 heterocycles. The molecule has 0 aliphatic carbocycles. The number of imide groups is 2. The molecule has 144 valence electrons. The van der Waals surface area contributed by atoms with Gasteiger partial charge in [0.2, 0.25) is 5.91 Å². The average molecular weight is 380 g/mol. The van der Waals surface area contributed by atoms with Crippen LogP contribution in [-0.2, 0) is 20.9 Å². The number of amides is 5. The second-order valence-electron chi connectivity index (χ2n) is 6.54. The van der Waals surface area contributed by atoms with Crippen molar-refractivity contribution in [3.63, 3.8) is 0 Å². The van der Waals surface area contributed by atoms with Crippen molar-refractivity contribution >= 4 is 35.1 Å². The number of nitrogens with zero attached hydrogens (tertiary/aromatic N) is 3. The topological polar surface area (TPSA) is 90.0 Å². The van der Waals surface area contributed by atoms with Crippen LogP contribution in [0.4, 0.5) is 16.2 Å². The van der Waals surface area contributed by atoms with Crippen LogP contribution in [0, 0.1) is 0 Å². The fraction of sp³-hybridized carbons (Fsp3) is 0.200. The maximum Gasteiger partial charge on any atom is 0.335 e. The quantitative estimate of drug-likeness (QED) is 0.608. The van der Waals surface area contributed by atoms with Gasteiger partial charge in [-0.1, -0.05) is 30.3 Å². The van der Waals surface area contributed by atoms with Crippen molar-refractivity contribution in [1.82, 2.24) is 9.80 Å². The highest BCUT2D eigenvalue weighted by Crippen LogP contribution is 2.18. The molecule has 1 aliphatic heterocycles. The van der Waals surface area contributed by atoms with Crippen LogP contribution in [0.3, 0.4) is 0 Å². The van der Waals surface area contributed by atoms with Gasteiger partial charge in [0.25, 0.3) is 0 Å². The van der Waals surface area contributed by atoms with Crippen molar-refractivity contribution in [3.05, 3.63) is 60.2 Å². The van der Waals surface area contributed by atoms with Gasteiger partial charge in [-0.15, -0.1) is 0 Å². The van der Waals surface area contributed by atoms with E-state index in [1.165, 1.54) is 0 Å². The first-order chi connectivity index (χ1) is 13.4. The highest BCUT2D eigenvalue weighted by molar-refractivity contribution is 6.45. The number of hydrogen-bond donors (Lipinski definition) is 1. The van der Waals surface area contributed by atoms with Gasteiger partial charge >= 0.3 is 17.8 Å². The Morgan fingerprint density at radius 1 is 0.893 bits per heavy atom. The van der Waals surface area contributed by atoms with Crippen molar-refractivity contribution in [2.75, 3.05) is 30.9 Å². The summed E-state index contributed by atoms with van der Waals surface area (Å²) in [6.45, 7) is -0.543. The fourth-order valence-electron chi connectivity index (χ4n) is 2.78. The van der Waals surface area contributed by atoms with Crippen LogP contribution in [0.25, 0.3) is 0 Å². The lowest BCUT2D eigenvalue weighted by Crippen LogP contribution is -2.38. The molecule has 8 heteroatoms. The number of hydrogen-bond acceptors (Lipinski definition) is 5. The molecule has 1 saturated heterocycles. The van der Waals surface area contributed by atoms with E-state index < -0.39 is 30.3 Å². The molecule has 1 N–H and O–H groups in total. The van der Waals surface area contributed by atoms with Gasteiger partial charge in [0, 0.05) is 25.5 Å². The Balaban J connectivity index is 1.64. The van der Waals surface area contributed by atoms with Crippen molar-refractivity contribution in [2.45, 2.75) is 6.54 Å². The van der Waals surface area contributed by atoms with Crippen LogP contribution in [0.2, 0.25) is 0 Å². The monoisotopic (exact) mass is 380 g/mol. The largest absolute Gasteiger partial charge is 0.378 e. The van der Waals surface area contributed by atoms with E-state index in [1.807, 2.05) is 37.2 Å². The van der Waals surface area contributed by atoms with Crippen LogP contribution in [-0.4, -0.2) is 54.2 Å². The van der Waals surface area contributed by atoms with Crippen LogP contribution in [0.5, 0.6) is 0 Å². The summed E-state index contributed by atoms with van der Waals surface area (Å²) >= 11 is 0. The Labute approximate surface area is 162 Å². The summed E-state index contributed by atoms with van der Waals surface area (Å²) in [5.41, 5.74) is 2.21. The lowest BCUT2D eigenvalue weighted by atomic mass is 10.2. The number of nitrogens with one attached hydrogen (secondary N) is 1. The highest BCUT2D eigenvalue weighted by Gasteiger charge is 2.45. The summed E-state index contributed by atoms with van der Waals surface area (Å²) < 4.78 is 0. The van der Waals surface area contributed by atoms with E-state index in [-0.39, 0.29) is 6.54 Å². The molecule has 28 heavy (non-hydrogen) atoms. The summed E-state index contributed by atoms with van der Waals surface area (Å²) in [6.07, 6.45) is 0. The predicted molar refractivity (Wildman–Crippen MR) is 103 cm³/mol. The van der Waals surface area contributed by atoms with Gasteiger partial charge in [-0.25, -0.2) is 9.69 Å². The normalized spacial score (nSPS) is 13.9. The maximum atomic E-state index is 12.5. The summed E-state index contributed by atoms with van der Waals surface area (Å²) in [6, 6.07) is 15.1. The maximum absolute atomic E-state index is 12.5. The molecule has 0 unspecified atom stereocenters. The summed E-state index contributed by atoms with van der Waals surface area (Å²) in [4.78, 5) is 52.4. The molecule has 3 rings (SSSR count). The van der Waals surface area contributed by atoms with Gasteiger partial charge in [-0.05, 0) is 29.8 Å². The molecule has 0 atom stereocenters. The first-order valence-electron chi connectivity index (χ1n) is 8.65. The molecule has 8 nitrogen and oxygen atoms in total. The van der Waals surface area contributed by atoms with Crippen molar-refractivity contribution < 1.29 is 19.2 Å². The van der Waals surface area contributed by atoms with Gasteiger partial charge in [-0.2, -0.15) is 0 Å². The second kappa shape index (κ2) is 7.91. The van der Waals surface area contributed by atoms with Crippen LogP contribution in [0.1, 0.15) is 5.56 Å². The molecule has 0 spiro atoms. The van der Waals surface area contributed by atoms with Gasteiger partial charge in [-0.3, -0.25) is 19.3 Å². The number of anilines is 2. The number of rotatable bonds is 6. The molecule has 1 aliphatic rings. The summed E-state index contributed by atoms with van der Waals surface area (Å²) in [7, 11) is 3.80. The standard InChI is InChI=1S/C20H20N4O4/c1-22(2)16-10-8-15(9-11-16)21-17(25)13-24-19(27)18(26)23(20(24)28)12-14-6-4-3-5-7-14/h3-11H,12-13H2,1-2H3,(H,21,25). The molecule has 5 amide bonds. The Hall–Kier alpha value is -3.68. The third-order valence-corrected chi connectivity index (χ3v) is 4.29. The Morgan fingerprint density at radius 3 is 2.11 bits per heavy atom. The number of carbonyl (C=O) groups excluding carboxylic acids is 4. The predicted octanol–water partition coefficient (Wildman–Crippen LogP) is 1.68. The van der Waals surface area contributed by atoms with Crippen LogP contribution < -0.4 is 10.2 Å². The van der Waals surface area contributed by atoms with E-state index in [9.17, 15) is 19.2 Å². The van der Waals surface area contributed by atoms with Gasteiger partial charge in [0.15, 0.2) is 0 Å². The zero-order valence-electron chi connectivity index (χ0n) is 15.6. The molecule has 0 radical (unpaired) electrons. The number of carbonyl (C=O) groups is 4. The van der Waals surface area contributed by atoms with E-state index in [1.54, 1.807) is 36.4 Å². The summed E-state index contributed by atoms with van der Waals surface area (Å²) in [5, 5.41) is 2.62. The minimum Gasteiger partial charge on any atom is -0.378 e. The average Bonchev–Trinajstić information content (AvgIpc) is 2.87. The smallest absolute Gasteiger partial charge is 0.335 e. The van der Waals surface area contributed by atoms with E-state index in [0.717, 1.165) is 10.6 Å². The first kappa shape index (κ1) is 19.1. The molecule has 2 aromatic rings. The Kier molecular flexibility index (Phi) is 5.39. The van der Waals surface area contributed by atoms with E-state index in [4.69, 9.17) is 0 Å². The van der Waals surface area contributed by atoms with Gasteiger partial charge in [0.05, 0.1) is 6.54 Å². The molecule has 2 aromatic carbocycles. The first-order valence-corrected chi connectivity index (χ1v) is 8.65. The third-order valence-electron chi connectivity index (χ3n) is 4.29. The minimum atomic E-state index is -1.00. The summed E-state index contributed by atoms with van der Waals surface area (Å²) in [5.74, 6) is -2.50. The Bertz CT molecular complexity index is 910. The zero-order valence-corrected chi connectivity index (χ0v) is 15.6. The van der Waals surface area contributed by atoms with Crippen molar-refractivity contribution in [3.8, 4) is 0 Å². The zero-order chi connectivity index (χ0) is 20.3. The van der Waals surface area contributed by atoms with Crippen molar-refractivity contribution in [1.29, 1.82) is 0 Å². The SMILES string of the molecule is CN(C)c1ccc(NC(=O)CN2C(=O)C(=O)N(Cc3ccccc3)C2=O)cc1. The van der Waals surface area contributed by atoms with E-state index >= 15 is 0 Å². The highest BCUT2D eigenvalue weighted by atomic mass is 16.2. The van der Waals surface area contributed by atoms with Gasteiger partial charge < -0.3 is 10.2 Å². The number of benzene rings is 2. The third kappa shape index (κ3) is 4.01. The number of urea groups is 1. The lowest BCUT2D eigenvalue weighted by Gasteiger charge is -2.16. The van der Waals surface area contributed by atoms with Crippen LogP contribution in [0.15, 0.2) is 54.6 Å². The lowest BCUT2D eigenvalue weighted by molar-refractivity contribution is -0.143. The van der Waals surface area contributed by atoms with E-state index in [0.29, 0.717) is 16.2 Å². The minimum absolute atomic E-state index is 0.0195. The molecular weight excluding hydrogens is 360 g/mol. The second-order valence-corrected chi connectivity index (χ2v) is 6.54. The molecule has 0 aromatic heterocycles. The molecular formula is C20H20N4O4. The van der Waals surface area contributed by atoms with Crippen LogP contribution >= 0.6 is 0 Å². The fourth-order valence-corrected chi connectivity index (χ4v) is 2.78. The molecule has 0 saturated carbocycles. The molecule has 0 bridgehead atoms.